The van der Waals surface area contributed by atoms with Crippen LogP contribution in [0.2, 0.25) is 5.02 Å². The van der Waals surface area contributed by atoms with E-state index in [4.69, 9.17) is 11.6 Å². The van der Waals surface area contributed by atoms with Gasteiger partial charge in [0.25, 0.3) is 5.91 Å². The molecule has 2 aromatic heterocycles. The molecule has 0 fully saturated rings. The Labute approximate surface area is 90.1 Å². The smallest absolute Gasteiger partial charge is 0.278 e. The summed E-state index contributed by atoms with van der Waals surface area (Å²) in [5, 5.41) is 6.52. The van der Waals surface area contributed by atoms with E-state index >= 15 is 0 Å². The van der Waals surface area contributed by atoms with Crippen LogP contribution in [0.1, 0.15) is 10.5 Å². The van der Waals surface area contributed by atoms with Crippen molar-refractivity contribution in [2.45, 2.75) is 0 Å². The van der Waals surface area contributed by atoms with Gasteiger partial charge < -0.3 is 9.84 Å². The van der Waals surface area contributed by atoms with E-state index in [0.717, 1.165) is 0 Å². The minimum absolute atomic E-state index is 0.191. The maximum atomic E-state index is 11.5. The Hall–Kier alpha value is -1.88. The molecular formula is C9H6ClN3O2. The van der Waals surface area contributed by atoms with Crippen molar-refractivity contribution in [3.8, 4) is 0 Å². The highest BCUT2D eigenvalue weighted by Gasteiger charge is 2.09. The minimum atomic E-state index is -0.390. The van der Waals surface area contributed by atoms with Crippen molar-refractivity contribution in [2.75, 3.05) is 5.32 Å². The summed E-state index contributed by atoms with van der Waals surface area (Å²) in [4.78, 5) is 15.4. The number of halogens is 1. The third-order valence-corrected chi connectivity index (χ3v) is 1.87. The van der Waals surface area contributed by atoms with Crippen LogP contribution in [0.25, 0.3) is 0 Å². The molecule has 0 atom stereocenters. The van der Waals surface area contributed by atoms with Crippen LogP contribution in [0.5, 0.6) is 0 Å². The molecule has 1 amide bonds. The van der Waals surface area contributed by atoms with E-state index in [-0.39, 0.29) is 5.69 Å². The van der Waals surface area contributed by atoms with Gasteiger partial charge in [0.05, 0.1) is 0 Å². The first kappa shape index (κ1) is 9.67. The van der Waals surface area contributed by atoms with Crippen LogP contribution in [0.4, 0.5) is 5.82 Å². The average molecular weight is 224 g/mol. The number of hydrogen-bond acceptors (Lipinski definition) is 4. The molecule has 5 nitrogen and oxygen atoms in total. The summed E-state index contributed by atoms with van der Waals surface area (Å²) in [5.41, 5.74) is 0.191. The molecule has 76 valence electrons. The van der Waals surface area contributed by atoms with Gasteiger partial charge in [0.2, 0.25) is 0 Å². The molecule has 1 N–H and O–H groups in total. The third-order valence-electron chi connectivity index (χ3n) is 1.63. The minimum Gasteiger partial charge on any atom is -0.364 e. The Balaban J connectivity index is 2.13. The fourth-order valence-corrected chi connectivity index (χ4v) is 1.14. The zero-order valence-electron chi connectivity index (χ0n) is 7.48. The highest BCUT2D eigenvalue weighted by molar-refractivity contribution is 6.30. The molecule has 2 rings (SSSR count). The largest absolute Gasteiger partial charge is 0.364 e. The molecule has 0 aromatic carbocycles. The summed E-state index contributed by atoms with van der Waals surface area (Å²) in [6, 6.07) is 4.62. The normalized spacial score (nSPS) is 9.93. The van der Waals surface area contributed by atoms with Gasteiger partial charge in [-0.15, -0.1) is 0 Å². The lowest BCUT2D eigenvalue weighted by atomic mass is 10.4. The zero-order chi connectivity index (χ0) is 10.7. The van der Waals surface area contributed by atoms with Gasteiger partial charge in [0.1, 0.15) is 12.1 Å². The van der Waals surface area contributed by atoms with E-state index < -0.39 is 5.91 Å². The van der Waals surface area contributed by atoms with Gasteiger partial charge in [-0.3, -0.25) is 4.79 Å². The summed E-state index contributed by atoms with van der Waals surface area (Å²) in [7, 11) is 0. The first-order valence-corrected chi connectivity index (χ1v) is 4.47. The molecule has 0 saturated heterocycles. The highest BCUT2D eigenvalue weighted by Crippen LogP contribution is 2.12. The van der Waals surface area contributed by atoms with Crippen LogP contribution in [0, 0.1) is 0 Å². The van der Waals surface area contributed by atoms with E-state index in [1.807, 2.05) is 0 Å². The zero-order valence-corrected chi connectivity index (χ0v) is 8.23. The molecular weight excluding hydrogens is 218 g/mol. The summed E-state index contributed by atoms with van der Waals surface area (Å²) in [6.45, 7) is 0. The van der Waals surface area contributed by atoms with Gasteiger partial charge in [-0.1, -0.05) is 16.8 Å². The molecule has 0 radical (unpaired) electrons. The summed E-state index contributed by atoms with van der Waals surface area (Å²) in [5.74, 6) is -0.0194. The van der Waals surface area contributed by atoms with E-state index in [0.29, 0.717) is 10.8 Å². The van der Waals surface area contributed by atoms with Gasteiger partial charge in [0.15, 0.2) is 5.69 Å². The van der Waals surface area contributed by atoms with Crippen molar-refractivity contribution in [2.24, 2.45) is 0 Å². The van der Waals surface area contributed by atoms with Gasteiger partial charge >= 0.3 is 0 Å². The van der Waals surface area contributed by atoms with E-state index in [1.165, 1.54) is 18.5 Å². The molecule has 2 aromatic rings. The molecule has 0 saturated carbocycles. The lowest BCUT2D eigenvalue weighted by Crippen LogP contribution is -2.12. The maximum Gasteiger partial charge on any atom is 0.278 e. The second kappa shape index (κ2) is 4.10. The number of pyridine rings is 1. The molecule has 2 heterocycles. The molecule has 0 bridgehead atoms. The molecule has 0 aliphatic heterocycles. The van der Waals surface area contributed by atoms with Crippen LogP contribution < -0.4 is 5.32 Å². The van der Waals surface area contributed by atoms with Crippen molar-refractivity contribution < 1.29 is 9.32 Å². The maximum absolute atomic E-state index is 11.5. The first-order valence-electron chi connectivity index (χ1n) is 4.09. The Morgan fingerprint density at radius 3 is 3.00 bits per heavy atom. The number of anilines is 1. The average Bonchev–Trinajstić information content (AvgIpc) is 2.70. The summed E-state index contributed by atoms with van der Waals surface area (Å²) >= 11 is 5.73. The van der Waals surface area contributed by atoms with Gasteiger partial charge in [-0.2, -0.15) is 0 Å². The van der Waals surface area contributed by atoms with Crippen LogP contribution in [-0.2, 0) is 0 Å². The monoisotopic (exact) mass is 223 g/mol. The quantitative estimate of drug-likeness (QED) is 0.845. The fraction of sp³-hybridized carbons (Fsp3) is 0. The lowest BCUT2D eigenvalue weighted by molar-refractivity contribution is 0.101. The molecule has 6 heteroatoms. The molecule has 0 aliphatic rings. The van der Waals surface area contributed by atoms with E-state index in [1.54, 1.807) is 12.1 Å². The number of nitrogens with one attached hydrogen (secondary N) is 1. The molecule has 0 unspecified atom stereocenters. The summed E-state index contributed by atoms with van der Waals surface area (Å²) in [6.07, 6.45) is 2.82. The number of rotatable bonds is 2. The Bertz CT molecular complexity index is 470. The summed E-state index contributed by atoms with van der Waals surface area (Å²) < 4.78 is 4.54. The van der Waals surface area contributed by atoms with E-state index in [2.05, 4.69) is 20.0 Å². The third kappa shape index (κ3) is 2.32. The predicted octanol–water partition coefficient (Wildman–Crippen LogP) is 1.98. The fourth-order valence-electron chi connectivity index (χ4n) is 0.983. The van der Waals surface area contributed by atoms with E-state index in [9.17, 15) is 4.79 Å². The number of hydrogen-bond donors (Lipinski definition) is 1. The Kier molecular flexibility index (Phi) is 2.64. The highest BCUT2D eigenvalue weighted by atomic mass is 35.5. The van der Waals surface area contributed by atoms with Crippen LogP contribution in [-0.4, -0.2) is 16.0 Å². The standard InChI is InChI=1S/C9H6ClN3O2/c10-6-1-3-11-8(5-6)12-9(14)7-2-4-15-13-7/h1-5H,(H,11,12,14). The Morgan fingerprint density at radius 2 is 2.33 bits per heavy atom. The van der Waals surface area contributed by atoms with Crippen molar-refractivity contribution in [1.29, 1.82) is 0 Å². The first-order chi connectivity index (χ1) is 7.25. The number of amides is 1. The van der Waals surface area contributed by atoms with Crippen molar-refractivity contribution >= 4 is 23.3 Å². The van der Waals surface area contributed by atoms with Gasteiger partial charge in [0, 0.05) is 17.3 Å². The Morgan fingerprint density at radius 1 is 1.47 bits per heavy atom. The second-order valence-electron chi connectivity index (χ2n) is 2.70. The van der Waals surface area contributed by atoms with Crippen LogP contribution in [0.3, 0.4) is 0 Å². The van der Waals surface area contributed by atoms with Crippen LogP contribution in [0.15, 0.2) is 35.2 Å². The van der Waals surface area contributed by atoms with Crippen molar-refractivity contribution in [1.82, 2.24) is 10.1 Å². The van der Waals surface area contributed by atoms with Crippen molar-refractivity contribution in [3.05, 3.63) is 41.4 Å². The van der Waals surface area contributed by atoms with Crippen LogP contribution >= 0.6 is 11.6 Å². The number of aromatic nitrogens is 2. The topological polar surface area (TPSA) is 68.0 Å². The number of carbonyl (C=O) groups excluding carboxylic acids is 1. The van der Waals surface area contributed by atoms with Gasteiger partial charge in [-0.05, 0) is 12.1 Å². The number of nitrogens with zero attached hydrogens (tertiary/aromatic N) is 2. The SMILES string of the molecule is O=C(Nc1cc(Cl)ccn1)c1ccon1. The number of carbonyl (C=O) groups is 1. The second-order valence-corrected chi connectivity index (χ2v) is 3.13. The van der Waals surface area contributed by atoms with Gasteiger partial charge in [-0.25, -0.2) is 4.98 Å². The van der Waals surface area contributed by atoms with Crippen molar-refractivity contribution in [3.63, 3.8) is 0 Å². The molecule has 0 spiro atoms. The lowest BCUT2D eigenvalue weighted by Gasteiger charge is -2.00. The molecule has 0 aliphatic carbocycles. The predicted molar refractivity (Wildman–Crippen MR) is 53.7 cm³/mol. The molecule has 15 heavy (non-hydrogen) atoms.